The summed E-state index contributed by atoms with van der Waals surface area (Å²) < 4.78 is 21.1. The summed E-state index contributed by atoms with van der Waals surface area (Å²) in [4.78, 5) is 25.9. The molecule has 0 fully saturated rings. The molecule has 24 heavy (non-hydrogen) atoms. The zero-order valence-corrected chi connectivity index (χ0v) is 13.9. The van der Waals surface area contributed by atoms with E-state index < -0.39 is 11.6 Å². The molecule has 1 aliphatic heterocycles. The molecule has 1 unspecified atom stereocenters. The number of ether oxygens (including phenoxy) is 4. The molecular formula is C17H18O7. The van der Waals surface area contributed by atoms with E-state index in [1.54, 1.807) is 0 Å². The quantitative estimate of drug-likeness (QED) is 0.896. The lowest BCUT2D eigenvalue weighted by molar-refractivity contribution is -0.187. The largest absolute Gasteiger partial charge is 0.496 e. The highest BCUT2D eigenvalue weighted by Crippen LogP contribution is 2.46. The van der Waals surface area contributed by atoms with E-state index >= 15 is 0 Å². The van der Waals surface area contributed by atoms with E-state index in [9.17, 15) is 14.7 Å². The molecule has 3 rings (SSSR count). The number of hydrogen-bond acceptors (Lipinski definition) is 7. The van der Waals surface area contributed by atoms with Crippen molar-refractivity contribution in [1.82, 2.24) is 0 Å². The van der Waals surface area contributed by atoms with Crippen LogP contribution in [0.4, 0.5) is 0 Å². The lowest BCUT2D eigenvalue weighted by Gasteiger charge is -2.34. The highest BCUT2D eigenvalue weighted by molar-refractivity contribution is 6.29. The number of aliphatic hydroxyl groups is 1. The fourth-order valence-corrected chi connectivity index (χ4v) is 3.10. The van der Waals surface area contributed by atoms with Crippen molar-refractivity contribution >= 4 is 11.6 Å². The van der Waals surface area contributed by atoms with Crippen molar-refractivity contribution in [2.45, 2.75) is 19.1 Å². The van der Waals surface area contributed by atoms with Crippen LogP contribution in [-0.2, 0) is 4.74 Å². The van der Waals surface area contributed by atoms with Crippen LogP contribution in [0.25, 0.3) is 0 Å². The Balaban J connectivity index is 2.29. The molecule has 1 aromatic carbocycles. The predicted molar refractivity (Wildman–Crippen MR) is 83.0 cm³/mol. The Bertz CT molecular complexity index is 774. The zero-order chi connectivity index (χ0) is 17.6. The minimum absolute atomic E-state index is 0.0744. The van der Waals surface area contributed by atoms with Crippen LogP contribution in [0, 0.1) is 0 Å². The maximum Gasteiger partial charge on any atom is 0.196 e. The first-order valence-corrected chi connectivity index (χ1v) is 7.35. The standard InChI is InChI=1S/C17H18O7/c1-17(20)6-8-9(7-24-17)15(19)12-10(21-2)5-11(22-3)16(23-4)13(12)14(8)18/h5,20H,6-7H2,1-4H3. The molecule has 2 aliphatic rings. The van der Waals surface area contributed by atoms with Crippen LogP contribution >= 0.6 is 0 Å². The molecular weight excluding hydrogens is 316 g/mol. The fourth-order valence-electron chi connectivity index (χ4n) is 3.10. The minimum atomic E-state index is -1.50. The number of carbonyl (C=O) groups is 2. The van der Waals surface area contributed by atoms with Crippen LogP contribution in [0.3, 0.4) is 0 Å². The average Bonchev–Trinajstić information content (AvgIpc) is 2.56. The maximum atomic E-state index is 13.0. The van der Waals surface area contributed by atoms with Gasteiger partial charge in [-0.3, -0.25) is 9.59 Å². The maximum absolute atomic E-state index is 13.0. The molecule has 0 spiro atoms. The molecule has 1 heterocycles. The van der Waals surface area contributed by atoms with E-state index in [4.69, 9.17) is 18.9 Å². The van der Waals surface area contributed by atoms with Crippen molar-refractivity contribution in [3.05, 3.63) is 28.3 Å². The molecule has 0 bridgehead atoms. The van der Waals surface area contributed by atoms with Gasteiger partial charge in [0.15, 0.2) is 28.9 Å². The summed E-state index contributed by atoms with van der Waals surface area (Å²) >= 11 is 0. The Hall–Kier alpha value is -2.38. The Morgan fingerprint density at radius 1 is 1.00 bits per heavy atom. The molecule has 1 atom stereocenters. The average molecular weight is 334 g/mol. The van der Waals surface area contributed by atoms with Crippen LogP contribution in [0.15, 0.2) is 17.2 Å². The summed E-state index contributed by atoms with van der Waals surface area (Å²) in [6.07, 6.45) is -0.0744. The number of Topliss-reactive ketones (excluding diaryl/α,β-unsaturated/α-hetero) is 2. The third-order valence-electron chi connectivity index (χ3n) is 4.25. The van der Waals surface area contributed by atoms with Gasteiger partial charge in [0.05, 0.1) is 39.1 Å². The molecule has 1 aliphatic carbocycles. The second-order valence-electron chi connectivity index (χ2n) is 5.82. The molecule has 7 nitrogen and oxygen atoms in total. The second-order valence-corrected chi connectivity index (χ2v) is 5.82. The fraction of sp³-hybridized carbons (Fsp3) is 0.412. The zero-order valence-electron chi connectivity index (χ0n) is 13.9. The molecule has 0 amide bonds. The van der Waals surface area contributed by atoms with E-state index in [2.05, 4.69) is 0 Å². The lowest BCUT2D eigenvalue weighted by Crippen LogP contribution is -2.39. The van der Waals surface area contributed by atoms with Gasteiger partial charge in [-0.15, -0.1) is 0 Å². The van der Waals surface area contributed by atoms with Crippen LogP contribution in [0.5, 0.6) is 17.2 Å². The lowest BCUT2D eigenvalue weighted by atomic mass is 9.79. The number of carbonyl (C=O) groups excluding carboxylic acids is 2. The Labute approximate surface area is 138 Å². The number of rotatable bonds is 3. The second kappa shape index (κ2) is 5.61. The topological polar surface area (TPSA) is 91.3 Å². The van der Waals surface area contributed by atoms with E-state index in [1.807, 2.05) is 0 Å². The number of ketones is 2. The van der Waals surface area contributed by atoms with Gasteiger partial charge in [0.2, 0.25) is 0 Å². The SMILES string of the molecule is COc1cc(OC)c2c(c1OC)C(=O)C1=C(COC(C)(O)C1)C2=O. The highest BCUT2D eigenvalue weighted by Gasteiger charge is 2.43. The molecule has 7 heteroatoms. The van der Waals surface area contributed by atoms with Crippen molar-refractivity contribution in [3.63, 3.8) is 0 Å². The Morgan fingerprint density at radius 3 is 2.21 bits per heavy atom. The number of fused-ring (bicyclic) bond motifs is 1. The Kier molecular flexibility index (Phi) is 3.85. The molecule has 1 aromatic rings. The van der Waals surface area contributed by atoms with Gasteiger partial charge in [-0.1, -0.05) is 0 Å². The van der Waals surface area contributed by atoms with E-state index in [-0.39, 0.29) is 58.3 Å². The van der Waals surface area contributed by atoms with Gasteiger partial charge < -0.3 is 24.1 Å². The summed E-state index contributed by atoms with van der Waals surface area (Å²) in [6, 6.07) is 1.51. The van der Waals surface area contributed by atoms with Gasteiger partial charge in [0.1, 0.15) is 5.75 Å². The predicted octanol–water partition coefficient (Wildman–Crippen LogP) is 1.52. The van der Waals surface area contributed by atoms with Gasteiger partial charge >= 0.3 is 0 Å². The van der Waals surface area contributed by atoms with E-state index in [0.717, 1.165) is 0 Å². The van der Waals surface area contributed by atoms with Gasteiger partial charge in [0, 0.05) is 23.6 Å². The summed E-state index contributed by atoms with van der Waals surface area (Å²) in [6.45, 7) is 1.32. The summed E-state index contributed by atoms with van der Waals surface area (Å²) in [5.74, 6) is -1.57. The van der Waals surface area contributed by atoms with E-state index in [1.165, 1.54) is 34.3 Å². The first kappa shape index (κ1) is 16.5. The highest BCUT2D eigenvalue weighted by atomic mass is 16.6. The Morgan fingerprint density at radius 2 is 1.62 bits per heavy atom. The van der Waals surface area contributed by atoms with Crippen molar-refractivity contribution < 1.29 is 33.6 Å². The monoisotopic (exact) mass is 334 g/mol. The molecule has 0 saturated heterocycles. The minimum Gasteiger partial charge on any atom is -0.496 e. The van der Waals surface area contributed by atoms with Gasteiger partial charge in [-0.25, -0.2) is 0 Å². The normalized spacial score (nSPS) is 22.9. The van der Waals surface area contributed by atoms with Crippen LogP contribution in [0.2, 0.25) is 0 Å². The summed E-state index contributed by atoms with van der Waals surface area (Å²) in [5.41, 5.74) is 0.695. The molecule has 0 radical (unpaired) electrons. The first-order valence-electron chi connectivity index (χ1n) is 7.35. The summed E-state index contributed by atoms with van der Waals surface area (Å²) in [5, 5.41) is 10.1. The van der Waals surface area contributed by atoms with Gasteiger partial charge in [-0.2, -0.15) is 0 Å². The van der Waals surface area contributed by atoms with E-state index in [0.29, 0.717) is 0 Å². The van der Waals surface area contributed by atoms with Crippen molar-refractivity contribution in [1.29, 1.82) is 0 Å². The molecule has 0 aromatic heterocycles. The molecule has 1 N–H and O–H groups in total. The van der Waals surface area contributed by atoms with Gasteiger partial charge in [0.25, 0.3) is 0 Å². The molecule has 0 saturated carbocycles. The van der Waals surface area contributed by atoms with Gasteiger partial charge in [-0.05, 0) is 6.92 Å². The molecule has 128 valence electrons. The van der Waals surface area contributed by atoms with Crippen LogP contribution in [-0.4, -0.2) is 50.4 Å². The third kappa shape index (κ3) is 2.28. The first-order chi connectivity index (χ1) is 11.3. The number of benzene rings is 1. The van der Waals surface area contributed by atoms with Crippen molar-refractivity contribution in [2.75, 3.05) is 27.9 Å². The van der Waals surface area contributed by atoms with Crippen LogP contribution < -0.4 is 14.2 Å². The van der Waals surface area contributed by atoms with Crippen LogP contribution in [0.1, 0.15) is 34.1 Å². The van der Waals surface area contributed by atoms with Crippen molar-refractivity contribution in [3.8, 4) is 17.2 Å². The summed E-state index contributed by atoms with van der Waals surface area (Å²) in [7, 11) is 4.24. The number of methoxy groups -OCH3 is 3. The number of hydrogen-bond donors (Lipinski definition) is 1. The van der Waals surface area contributed by atoms with Crippen molar-refractivity contribution in [2.24, 2.45) is 0 Å². The third-order valence-corrected chi connectivity index (χ3v) is 4.25. The smallest absolute Gasteiger partial charge is 0.196 e.